The summed E-state index contributed by atoms with van der Waals surface area (Å²) in [5, 5.41) is 10.4. The van der Waals surface area contributed by atoms with E-state index < -0.39 is 0 Å². The monoisotopic (exact) mass is 658 g/mol. The number of pyridine rings is 2. The van der Waals surface area contributed by atoms with E-state index in [2.05, 4.69) is 131 Å². The quantitative estimate of drug-likeness (QED) is 0.222. The lowest BCUT2D eigenvalue weighted by Gasteiger charge is -2.30. The second-order valence-corrected chi connectivity index (χ2v) is 16.7. The maximum absolute atomic E-state index is 10.4. The number of benzene rings is 2. The van der Waals surface area contributed by atoms with Gasteiger partial charge in [-0.3, -0.25) is 9.97 Å². The van der Waals surface area contributed by atoms with Crippen LogP contribution in [0.5, 0.6) is 11.5 Å². The highest BCUT2D eigenvalue weighted by Gasteiger charge is 2.28. The Balaban J connectivity index is 0.000000275. The maximum atomic E-state index is 10.4. The number of aromatic hydroxyl groups is 1. The number of phenolic OH excluding ortho intramolecular Hbond substituents is 1. The minimum atomic E-state index is -0.0178. The highest BCUT2D eigenvalue weighted by Crippen LogP contribution is 2.41. The molecule has 4 nitrogen and oxygen atoms in total. The molecule has 4 aromatic rings. The Morgan fingerprint density at radius 1 is 0.574 bits per heavy atom. The number of phenols is 1. The van der Waals surface area contributed by atoms with Crippen molar-refractivity contribution >= 4 is 11.6 Å². The van der Waals surface area contributed by atoms with Crippen LogP contribution in [0.2, 0.25) is 0 Å². The second kappa shape index (κ2) is 16.2. The van der Waals surface area contributed by atoms with Gasteiger partial charge in [-0.05, 0) is 70.9 Å². The van der Waals surface area contributed by atoms with Crippen molar-refractivity contribution in [2.45, 2.75) is 131 Å². The number of aromatic nitrogens is 2. The summed E-state index contributed by atoms with van der Waals surface area (Å²) in [4.78, 5) is 8.34. The fraction of sp³-hybridized carbons (Fsp3) is 0.476. The van der Waals surface area contributed by atoms with Crippen LogP contribution in [0.3, 0.4) is 0 Å². The molecule has 0 aliphatic rings. The van der Waals surface area contributed by atoms with Gasteiger partial charge in [-0.15, -0.1) is 11.6 Å². The minimum absolute atomic E-state index is 0.0178. The number of alkyl halides is 1. The molecule has 5 heteroatoms. The van der Waals surface area contributed by atoms with E-state index in [1.165, 1.54) is 22.3 Å². The van der Waals surface area contributed by atoms with Crippen LogP contribution in [-0.2, 0) is 34.1 Å². The molecule has 0 radical (unpaired) electrons. The zero-order chi connectivity index (χ0) is 35.8. The summed E-state index contributed by atoms with van der Waals surface area (Å²) >= 11 is 5.46. The molecule has 0 saturated carbocycles. The van der Waals surface area contributed by atoms with Crippen molar-refractivity contribution in [3.63, 3.8) is 0 Å². The normalized spacial score (nSPS) is 12.0. The van der Waals surface area contributed by atoms with Crippen LogP contribution in [-0.4, -0.2) is 15.1 Å². The van der Waals surface area contributed by atoms with E-state index in [-0.39, 0.29) is 21.7 Å². The average molecular weight is 659 g/mol. The number of aryl methyl sites for hydroxylation is 2. The van der Waals surface area contributed by atoms with Gasteiger partial charge < -0.3 is 9.84 Å². The average Bonchev–Trinajstić information content (AvgIpc) is 2.96. The summed E-state index contributed by atoms with van der Waals surface area (Å²) in [7, 11) is 0. The molecule has 0 atom stereocenters. The number of halogens is 1. The van der Waals surface area contributed by atoms with Crippen molar-refractivity contribution in [3.05, 3.63) is 118 Å². The van der Waals surface area contributed by atoms with Gasteiger partial charge in [0.15, 0.2) is 0 Å². The second-order valence-electron chi connectivity index (χ2n) is 16.5. The third kappa shape index (κ3) is 12.3. The van der Waals surface area contributed by atoms with Crippen molar-refractivity contribution in [2.24, 2.45) is 0 Å². The first-order valence-corrected chi connectivity index (χ1v) is 17.1. The van der Waals surface area contributed by atoms with Crippen LogP contribution >= 0.6 is 11.6 Å². The predicted molar refractivity (Wildman–Crippen MR) is 201 cm³/mol. The predicted octanol–water partition coefficient (Wildman–Crippen LogP) is 11.7. The van der Waals surface area contributed by atoms with Crippen LogP contribution in [0.25, 0.3) is 0 Å². The summed E-state index contributed by atoms with van der Waals surface area (Å²) in [6.07, 6.45) is 3.54. The van der Waals surface area contributed by atoms with Crippen molar-refractivity contribution in [1.82, 2.24) is 9.97 Å². The number of ether oxygens (including phenoxy) is 1. The lowest BCUT2D eigenvalue weighted by Crippen LogP contribution is -2.20. The molecule has 0 aliphatic carbocycles. The molecular weight excluding hydrogens is 600 g/mol. The van der Waals surface area contributed by atoms with Gasteiger partial charge in [0.1, 0.15) is 18.1 Å². The van der Waals surface area contributed by atoms with Crippen molar-refractivity contribution in [3.8, 4) is 11.5 Å². The van der Waals surface area contributed by atoms with E-state index in [0.717, 1.165) is 28.3 Å². The largest absolute Gasteiger partial charge is 0.507 e. The van der Waals surface area contributed by atoms with E-state index in [1.54, 1.807) is 6.20 Å². The fourth-order valence-electron chi connectivity index (χ4n) is 5.07. The number of hydrogen-bond acceptors (Lipinski definition) is 4. The Hall–Kier alpha value is -3.37. The van der Waals surface area contributed by atoms with Crippen LogP contribution < -0.4 is 4.74 Å². The van der Waals surface area contributed by atoms with E-state index >= 15 is 0 Å². The minimum Gasteiger partial charge on any atom is -0.507 e. The van der Waals surface area contributed by atoms with E-state index in [1.807, 2.05) is 42.6 Å². The molecule has 0 bridgehead atoms. The molecule has 0 spiro atoms. The van der Waals surface area contributed by atoms with E-state index in [4.69, 9.17) is 16.3 Å². The Morgan fingerprint density at radius 3 is 1.23 bits per heavy atom. The zero-order valence-electron chi connectivity index (χ0n) is 31.5. The summed E-state index contributed by atoms with van der Waals surface area (Å²) < 4.78 is 6.30. The zero-order valence-corrected chi connectivity index (χ0v) is 32.2. The van der Waals surface area contributed by atoms with Gasteiger partial charge in [0.2, 0.25) is 0 Å². The van der Waals surface area contributed by atoms with Gasteiger partial charge in [-0.25, -0.2) is 0 Å². The molecule has 4 rings (SSSR count). The molecule has 0 saturated heterocycles. The number of rotatable bonds is 4. The highest BCUT2D eigenvalue weighted by molar-refractivity contribution is 6.16. The molecule has 0 unspecified atom stereocenters. The van der Waals surface area contributed by atoms with Crippen LogP contribution in [0.15, 0.2) is 73.1 Å². The summed E-state index contributed by atoms with van der Waals surface area (Å²) in [6.45, 7) is 31.0. The van der Waals surface area contributed by atoms with Gasteiger partial charge >= 0.3 is 0 Å². The molecule has 0 aliphatic heterocycles. The van der Waals surface area contributed by atoms with Gasteiger partial charge in [0.05, 0.1) is 17.3 Å². The van der Waals surface area contributed by atoms with Crippen molar-refractivity contribution in [2.75, 3.05) is 0 Å². The molecule has 2 aromatic carbocycles. The molecule has 0 amide bonds. The first-order valence-electron chi connectivity index (χ1n) is 16.5. The van der Waals surface area contributed by atoms with Crippen LogP contribution in [0.1, 0.15) is 128 Å². The topological polar surface area (TPSA) is 55.2 Å². The van der Waals surface area contributed by atoms with Crippen LogP contribution in [0, 0.1) is 13.8 Å². The molecular formula is C42H59ClN2O2. The summed E-state index contributed by atoms with van der Waals surface area (Å²) in [5.74, 6) is 1.98. The van der Waals surface area contributed by atoms with Gasteiger partial charge in [0, 0.05) is 23.5 Å². The van der Waals surface area contributed by atoms with Crippen LogP contribution in [0.4, 0.5) is 0 Å². The summed E-state index contributed by atoms with van der Waals surface area (Å²) in [6, 6.07) is 20.3. The van der Waals surface area contributed by atoms with Gasteiger partial charge in [-0.1, -0.05) is 131 Å². The maximum Gasteiger partial charge on any atom is 0.130 e. The number of nitrogens with zero attached hydrogens (tertiary/aromatic N) is 2. The third-order valence-electron chi connectivity index (χ3n) is 7.67. The van der Waals surface area contributed by atoms with E-state index in [0.29, 0.717) is 18.2 Å². The first-order chi connectivity index (χ1) is 21.6. The Bertz CT molecular complexity index is 1480. The Morgan fingerprint density at radius 2 is 0.936 bits per heavy atom. The molecule has 47 heavy (non-hydrogen) atoms. The lowest BCUT2D eigenvalue weighted by molar-refractivity contribution is 0.284. The molecule has 2 heterocycles. The third-order valence-corrected chi connectivity index (χ3v) is 7.95. The van der Waals surface area contributed by atoms with Crippen molar-refractivity contribution < 1.29 is 9.84 Å². The number of hydrogen-bond donors (Lipinski definition) is 1. The summed E-state index contributed by atoms with van der Waals surface area (Å²) in [5.41, 5.74) is 9.01. The fourth-order valence-corrected chi connectivity index (χ4v) is 5.23. The highest BCUT2D eigenvalue weighted by atomic mass is 35.5. The van der Waals surface area contributed by atoms with E-state index in [9.17, 15) is 5.11 Å². The standard InChI is InChI=1S/C21H29NO.C15H24O.C6H6ClN/c1-15-12-17(20(2,3)4)19(18(13-15)21(5,6)7)23-14-16-10-8-9-11-22-16;1-10-8-11(14(2,3)4)13(16)12(9-10)15(5,6)7;7-5-6-3-1-2-4-8-6/h8-13H,14H2,1-7H3;8-9,16H,1-7H3;1-4H,5H2. The Kier molecular flexibility index (Phi) is 13.7. The molecule has 2 aromatic heterocycles. The van der Waals surface area contributed by atoms with Gasteiger partial charge in [-0.2, -0.15) is 0 Å². The molecule has 256 valence electrons. The first kappa shape index (κ1) is 39.8. The lowest BCUT2D eigenvalue weighted by atomic mass is 9.78. The van der Waals surface area contributed by atoms with Gasteiger partial charge in [0.25, 0.3) is 0 Å². The van der Waals surface area contributed by atoms with Crippen molar-refractivity contribution in [1.29, 1.82) is 0 Å². The molecule has 0 fully saturated rings. The molecule has 1 N–H and O–H groups in total. The Labute approximate surface area is 291 Å². The SMILES string of the molecule is Cc1cc(C(C)(C)C)c(O)c(C(C)(C)C)c1.Cc1cc(C(C)(C)C)c(OCc2ccccn2)c(C(C)(C)C)c1.ClCc1ccccn1. The smallest absolute Gasteiger partial charge is 0.130 e.